The molecule has 1 heterocycles. The lowest BCUT2D eigenvalue weighted by Crippen LogP contribution is -2.06. The summed E-state index contributed by atoms with van der Waals surface area (Å²) in [5.41, 5.74) is 2.35. The molecule has 3 rings (SSSR count). The van der Waals surface area contributed by atoms with E-state index in [2.05, 4.69) is 5.16 Å². The lowest BCUT2D eigenvalue weighted by molar-refractivity contribution is 0.0464. The molecule has 0 saturated heterocycles. The summed E-state index contributed by atoms with van der Waals surface area (Å²) in [5.74, 6) is 0.0192. The number of benzene rings is 2. The van der Waals surface area contributed by atoms with E-state index < -0.39 is 15.8 Å². The van der Waals surface area contributed by atoms with E-state index in [-0.39, 0.29) is 12.4 Å². The zero-order valence-electron chi connectivity index (χ0n) is 14.1. The second-order valence-electron chi connectivity index (χ2n) is 5.89. The maximum atomic E-state index is 12.1. The van der Waals surface area contributed by atoms with E-state index in [4.69, 9.17) is 9.26 Å². The van der Waals surface area contributed by atoms with Gasteiger partial charge >= 0.3 is 5.97 Å². The summed E-state index contributed by atoms with van der Waals surface area (Å²) in [6, 6.07) is 17.5. The van der Waals surface area contributed by atoms with Gasteiger partial charge in [0, 0.05) is 17.9 Å². The molecule has 0 amide bonds. The minimum Gasteiger partial charge on any atom is -0.455 e. The Hall–Kier alpha value is -2.93. The van der Waals surface area contributed by atoms with E-state index in [1.54, 1.807) is 30.3 Å². The van der Waals surface area contributed by atoms with E-state index in [1.807, 2.05) is 30.3 Å². The fraction of sp³-hybridized carbons (Fsp3) is 0.158. The van der Waals surface area contributed by atoms with Gasteiger partial charge in [-0.1, -0.05) is 47.6 Å². The fourth-order valence-electron chi connectivity index (χ4n) is 2.38. The molecule has 0 atom stereocenters. The molecule has 0 saturated carbocycles. The van der Waals surface area contributed by atoms with Crippen LogP contribution in [0.25, 0.3) is 11.3 Å². The molecule has 0 spiro atoms. The van der Waals surface area contributed by atoms with Crippen molar-refractivity contribution < 1.29 is 22.5 Å². The molecule has 0 unspecified atom stereocenters. The Bertz CT molecular complexity index is 992. The van der Waals surface area contributed by atoms with Crippen molar-refractivity contribution in [3.8, 4) is 11.3 Å². The van der Waals surface area contributed by atoms with Crippen molar-refractivity contribution in [2.24, 2.45) is 0 Å². The summed E-state index contributed by atoms with van der Waals surface area (Å²) in [6.07, 6.45) is 1.16. The van der Waals surface area contributed by atoms with Gasteiger partial charge in [-0.05, 0) is 17.7 Å². The topological polar surface area (TPSA) is 86.5 Å². The Morgan fingerprint density at radius 3 is 2.42 bits per heavy atom. The Morgan fingerprint density at radius 2 is 1.77 bits per heavy atom. The number of carbonyl (C=O) groups excluding carboxylic acids is 1. The van der Waals surface area contributed by atoms with Gasteiger partial charge in [-0.15, -0.1) is 0 Å². The molecule has 0 aliphatic heterocycles. The molecule has 0 radical (unpaired) electrons. The summed E-state index contributed by atoms with van der Waals surface area (Å²) >= 11 is 0. The standard InChI is InChI=1S/C19H17NO5S/c1-26(22,23)13-14-7-9-16(10-8-14)19(21)24-12-17-11-18(25-20-17)15-5-3-2-4-6-15/h2-11H,12-13H2,1H3. The molecule has 0 N–H and O–H groups in total. The Kier molecular flexibility index (Phi) is 5.18. The zero-order valence-corrected chi connectivity index (χ0v) is 14.9. The SMILES string of the molecule is CS(=O)(=O)Cc1ccc(C(=O)OCc2cc(-c3ccccc3)on2)cc1. The lowest BCUT2D eigenvalue weighted by Gasteiger charge is -2.04. The molecule has 3 aromatic rings. The molecule has 0 aliphatic carbocycles. The number of aromatic nitrogens is 1. The first kappa shape index (κ1) is 17.9. The summed E-state index contributed by atoms with van der Waals surface area (Å²) in [5, 5.41) is 3.89. The molecule has 0 fully saturated rings. The van der Waals surface area contributed by atoms with Crippen molar-refractivity contribution in [1.29, 1.82) is 0 Å². The summed E-state index contributed by atoms with van der Waals surface area (Å²) < 4.78 is 33.0. The van der Waals surface area contributed by atoms with Crippen LogP contribution >= 0.6 is 0 Å². The van der Waals surface area contributed by atoms with Crippen LogP contribution in [0.2, 0.25) is 0 Å². The highest BCUT2D eigenvalue weighted by Gasteiger charge is 2.12. The van der Waals surface area contributed by atoms with Crippen molar-refractivity contribution in [2.45, 2.75) is 12.4 Å². The number of carbonyl (C=O) groups is 1. The second-order valence-corrected chi connectivity index (χ2v) is 8.03. The highest BCUT2D eigenvalue weighted by atomic mass is 32.2. The summed E-state index contributed by atoms with van der Waals surface area (Å²) in [4.78, 5) is 12.1. The number of rotatable bonds is 6. The van der Waals surface area contributed by atoms with E-state index in [0.717, 1.165) is 11.8 Å². The van der Waals surface area contributed by atoms with Crippen molar-refractivity contribution in [2.75, 3.05) is 6.26 Å². The first-order valence-electron chi connectivity index (χ1n) is 7.85. The Morgan fingerprint density at radius 1 is 1.08 bits per heavy atom. The Balaban J connectivity index is 1.60. The average molecular weight is 371 g/mol. The van der Waals surface area contributed by atoms with Gasteiger partial charge in [-0.2, -0.15) is 0 Å². The summed E-state index contributed by atoms with van der Waals surface area (Å²) in [6.45, 7) is -0.0136. The highest BCUT2D eigenvalue weighted by Crippen LogP contribution is 2.20. The van der Waals surface area contributed by atoms with Crippen LogP contribution < -0.4 is 0 Å². The molecular weight excluding hydrogens is 354 g/mol. The van der Waals surface area contributed by atoms with E-state index in [9.17, 15) is 13.2 Å². The van der Waals surface area contributed by atoms with Gasteiger partial charge in [-0.3, -0.25) is 0 Å². The van der Waals surface area contributed by atoms with Crippen LogP contribution in [0, 0.1) is 0 Å². The van der Waals surface area contributed by atoms with Gasteiger partial charge in [0.2, 0.25) is 0 Å². The lowest BCUT2D eigenvalue weighted by atomic mass is 10.1. The number of ether oxygens (including phenoxy) is 1. The van der Waals surface area contributed by atoms with Crippen LogP contribution in [-0.2, 0) is 26.9 Å². The van der Waals surface area contributed by atoms with Crippen LogP contribution in [0.4, 0.5) is 0 Å². The number of hydrogen-bond acceptors (Lipinski definition) is 6. The van der Waals surface area contributed by atoms with Crippen LogP contribution in [0.3, 0.4) is 0 Å². The van der Waals surface area contributed by atoms with Crippen LogP contribution in [0.15, 0.2) is 65.2 Å². The first-order chi connectivity index (χ1) is 12.4. The number of sulfone groups is 1. The molecule has 6 nitrogen and oxygen atoms in total. The predicted molar refractivity (Wildman–Crippen MR) is 96.0 cm³/mol. The van der Waals surface area contributed by atoms with Gasteiger partial charge < -0.3 is 9.26 Å². The van der Waals surface area contributed by atoms with Crippen molar-refractivity contribution in [3.63, 3.8) is 0 Å². The van der Waals surface area contributed by atoms with E-state index in [0.29, 0.717) is 22.6 Å². The molecule has 0 aliphatic rings. The van der Waals surface area contributed by atoms with Crippen molar-refractivity contribution >= 4 is 15.8 Å². The normalized spacial score (nSPS) is 11.3. The van der Waals surface area contributed by atoms with Gasteiger partial charge in [0.25, 0.3) is 0 Å². The van der Waals surface area contributed by atoms with Crippen molar-refractivity contribution in [3.05, 3.63) is 77.5 Å². The molecule has 134 valence electrons. The molecular formula is C19H17NO5S. The van der Waals surface area contributed by atoms with Crippen LogP contribution in [0.5, 0.6) is 0 Å². The van der Waals surface area contributed by atoms with E-state index >= 15 is 0 Å². The third kappa shape index (κ3) is 4.80. The number of nitrogens with zero attached hydrogens (tertiary/aromatic N) is 1. The van der Waals surface area contributed by atoms with Gasteiger partial charge in [-0.25, -0.2) is 13.2 Å². The zero-order chi connectivity index (χ0) is 18.6. The molecule has 1 aromatic heterocycles. The maximum Gasteiger partial charge on any atom is 0.338 e. The Labute approximate surface area is 151 Å². The van der Waals surface area contributed by atoms with Crippen LogP contribution in [0.1, 0.15) is 21.6 Å². The number of hydrogen-bond donors (Lipinski definition) is 0. The highest BCUT2D eigenvalue weighted by molar-refractivity contribution is 7.89. The average Bonchev–Trinajstić information content (AvgIpc) is 3.09. The molecule has 26 heavy (non-hydrogen) atoms. The predicted octanol–water partition coefficient (Wildman–Crippen LogP) is 3.24. The third-order valence-corrected chi connectivity index (χ3v) is 4.44. The largest absolute Gasteiger partial charge is 0.455 e. The first-order valence-corrected chi connectivity index (χ1v) is 9.91. The minimum absolute atomic E-state index is 0.0136. The third-order valence-electron chi connectivity index (χ3n) is 3.59. The monoisotopic (exact) mass is 371 g/mol. The minimum atomic E-state index is -3.11. The summed E-state index contributed by atoms with van der Waals surface area (Å²) in [7, 11) is -3.11. The maximum absolute atomic E-state index is 12.1. The van der Waals surface area contributed by atoms with E-state index in [1.165, 1.54) is 0 Å². The quantitative estimate of drug-likeness (QED) is 0.618. The molecule has 0 bridgehead atoms. The van der Waals surface area contributed by atoms with Gasteiger partial charge in [0.15, 0.2) is 15.6 Å². The van der Waals surface area contributed by atoms with Gasteiger partial charge in [0.1, 0.15) is 12.3 Å². The van der Waals surface area contributed by atoms with Gasteiger partial charge in [0.05, 0.1) is 11.3 Å². The van der Waals surface area contributed by atoms with Crippen LogP contribution in [-0.4, -0.2) is 25.8 Å². The smallest absolute Gasteiger partial charge is 0.338 e. The second kappa shape index (κ2) is 7.53. The molecule has 2 aromatic carbocycles. The number of esters is 1. The molecule has 7 heteroatoms. The fourth-order valence-corrected chi connectivity index (χ4v) is 3.18. The van der Waals surface area contributed by atoms with Crippen molar-refractivity contribution in [1.82, 2.24) is 5.16 Å².